The maximum atomic E-state index is 5.63. The Labute approximate surface area is 107 Å². The van der Waals surface area contributed by atoms with Gasteiger partial charge in [-0.2, -0.15) is 15.0 Å². The second-order valence-electron chi connectivity index (χ2n) is 4.48. The number of nitrogen functional groups attached to an aromatic ring is 1. The summed E-state index contributed by atoms with van der Waals surface area (Å²) in [6.45, 7) is 4.51. The van der Waals surface area contributed by atoms with Gasteiger partial charge in [-0.3, -0.25) is 0 Å². The number of nitrogens with one attached hydrogen (secondary N) is 1. The smallest absolute Gasteiger partial charge is 0.323 e. The summed E-state index contributed by atoms with van der Waals surface area (Å²) in [4.78, 5) is 14.5. The molecule has 1 fully saturated rings. The summed E-state index contributed by atoms with van der Waals surface area (Å²) in [5, 5.41) is 3.29. The molecule has 0 radical (unpaired) electrons. The van der Waals surface area contributed by atoms with Crippen molar-refractivity contribution in [2.24, 2.45) is 0 Å². The van der Waals surface area contributed by atoms with Gasteiger partial charge >= 0.3 is 6.01 Å². The average Bonchev–Trinajstić information content (AvgIpc) is 2.28. The fourth-order valence-corrected chi connectivity index (χ4v) is 2.10. The highest BCUT2D eigenvalue weighted by Crippen LogP contribution is 2.14. The largest absolute Gasteiger partial charge is 0.464 e. The zero-order valence-electron chi connectivity index (χ0n) is 10.9. The van der Waals surface area contributed by atoms with Crippen LogP contribution in [0.15, 0.2) is 0 Å². The van der Waals surface area contributed by atoms with Gasteiger partial charge in [0.25, 0.3) is 0 Å². The van der Waals surface area contributed by atoms with Crippen LogP contribution in [0.5, 0.6) is 6.01 Å². The number of rotatable bonds is 4. The minimum atomic E-state index is 0.181. The summed E-state index contributed by atoms with van der Waals surface area (Å²) in [5.41, 5.74) is 5.63. The number of piperidine rings is 1. The van der Waals surface area contributed by atoms with Crippen molar-refractivity contribution in [3.63, 3.8) is 0 Å². The average molecular weight is 252 g/mol. The van der Waals surface area contributed by atoms with E-state index in [1.165, 1.54) is 6.42 Å². The maximum Gasteiger partial charge on any atom is 0.323 e. The van der Waals surface area contributed by atoms with Gasteiger partial charge in [-0.05, 0) is 33.4 Å². The number of nitrogens with zero attached hydrogens (tertiary/aromatic N) is 4. The molecule has 0 spiro atoms. The lowest BCUT2D eigenvalue weighted by Gasteiger charge is -2.30. The van der Waals surface area contributed by atoms with Crippen LogP contribution in [0.25, 0.3) is 0 Å². The zero-order valence-corrected chi connectivity index (χ0v) is 10.9. The van der Waals surface area contributed by atoms with Gasteiger partial charge < -0.3 is 20.7 Å². The first kappa shape index (κ1) is 12.8. The normalized spacial score (nSPS) is 20.7. The molecule has 7 heteroatoms. The van der Waals surface area contributed by atoms with Crippen molar-refractivity contribution in [2.75, 3.05) is 37.8 Å². The summed E-state index contributed by atoms with van der Waals surface area (Å²) in [5.74, 6) is 0.673. The molecule has 100 valence electrons. The third kappa shape index (κ3) is 3.43. The Bertz CT molecular complexity index is 399. The van der Waals surface area contributed by atoms with Crippen molar-refractivity contribution in [3.05, 3.63) is 0 Å². The third-order valence-corrected chi connectivity index (χ3v) is 2.86. The van der Waals surface area contributed by atoms with Crippen LogP contribution in [-0.4, -0.2) is 52.6 Å². The summed E-state index contributed by atoms with van der Waals surface area (Å²) in [6, 6.07) is 0.622. The fraction of sp³-hybridized carbons (Fsp3) is 0.727. The lowest BCUT2D eigenvalue weighted by molar-refractivity contribution is 0.260. The van der Waals surface area contributed by atoms with E-state index in [4.69, 9.17) is 10.5 Å². The molecule has 7 nitrogen and oxygen atoms in total. The summed E-state index contributed by atoms with van der Waals surface area (Å²) < 4.78 is 5.24. The number of aromatic nitrogens is 3. The van der Waals surface area contributed by atoms with E-state index in [2.05, 4.69) is 32.2 Å². The Morgan fingerprint density at radius 3 is 3.00 bits per heavy atom. The molecule has 0 aromatic carbocycles. The van der Waals surface area contributed by atoms with Crippen LogP contribution in [0.4, 0.5) is 11.9 Å². The van der Waals surface area contributed by atoms with Crippen LogP contribution in [0, 0.1) is 0 Å². The van der Waals surface area contributed by atoms with E-state index in [1.54, 1.807) is 0 Å². The molecule has 0 amide bonds. The Kier molecular flexibility index (Phi) is 4.14. The molecular weight excluding hydrogens is 232 g/mol. The molecule has 1 aromatic heterocycles. The number of hydrogen-bond acceptors (Lipinski definition) is 7. The second kappa shape index (κ2) is 5.81. The molecule has 1 unspecified atom stereocenters. The molecule has 1 aromatic rings. The van der Waals surface area contributed by atoms with Gasteiger partial charge in [0.05, 0.1) is 6.61 Å². The molecule has 1 aliphatic rings. The first-order valence-corrected chi connectivity index (χ1v) is 6.27. The molecule has 3 N–H and O–H groups in total. The van der Waals surface area contributed by atoms with Gasteiger partial charge in [-0.25, -0.2) is 0 Å². The van der Waals surface area contributed by atoms with Crippen LogP contribution in [0.2, 0.25) is 0 Å². The number of hydrogen-bond donors (Lipinski definition) is 2. The number of likely N-dealkylation sites (N-methyl/N-ethyl adjacent to an activating group) is 1. The first-order chi connectivity index (χ1) is 8.67. The van der Waals surface area contributed by atoms with Crippen LogP contribution in [0.1, 0.15) is 19.8 Å². The Morgan fingerprint density at radius 1 is 1.44 bits per heavy atom. The zero-order chi connectivity index (χ0) is 13.0. The van der Waals surface area contributed by atoms with E-state index >= 15 is 0 Å². The predicted molar refractivity (Wildman–Crippen MR) is 69.6 cm³/mol. The van der Waals surface area contributed by atoms with E-state index in [9.17, 15) is 0 Å². The van der Waals surface area contributed by atoms with Crippen molar-refractivity contribution in [2.45, 2.75) is 25.8 Å². The molecular formula is C11H20N6O. The van der Waals surface area contributed by atoms with Gasteiger partial charge in [0, 0.05) is 12.6 Å². The molecule has 2 rings (SSSR count). The van der Waals surface area contributed by atoms with E-state index in [0.717, 1.165) is 19.5 Å². The molecule has 1 aliphatic heterocycles. The highest BCUT2D eigenvalue weighted by molar-refractivity contribution is 5.33. The predicted octanol–water partition coefficient (Wildman–Crippen LogP) is 0.359. The molecule has 0 saturated carbocycles. The van der Waals surface area contributed by atoms with E-state index in [1.807, 2.05) is 6.92 Å². The Hall–Kier alpha value is -1.63. The highest BCUT2D eigenvalue weighted by atomic mass is 16.5. The molecule has 0 aliphatic carbocycles. The Balaban J connectivity index is 2.03. The molecule has 0 bridgehead atoms. The standard InChI is InChI=1S/C11H20N6O/c1-3-18-11-15-9(12)14-10(16-11)13-8-5-4-6-17(2)7-8/h8H,3-7H2,1-2H3,(H3,12,13,14,15,16). The van der Waals surface area contributed by atoms with Gasteiger partial charge in [-0.15, -0.1) is 0 Å². The number of nitrogens with two attached hydrogens (primary N) is 1. The van der Waals surface area contributed by atoms with Crippen LogP contribution in [0.3, 0.4) is 0 Å². The number of ether oxygens (including phenoxy) is 1. The highest BCUT2D eigenvalue weighted by Gasteiger charge is 2.18. The topological polar surface area (TPSA) is 89.2 Å². The number of likely N-dealkylation sites (tertiary alicyclic amines) is 1. The lowest BCUT2D eigenvalue weighted by atomic mass is 10.1. The van der Waals surface area contributed by atoms with Crippen molar-refractivity contribution in [3.8, 4) is 6.01 Å². The van der Waals surface area contributed by atoms with Gasteiger partial charge in [0.1, 0.15) is 0 Å². The molecule has 2 heterocycles. The van der Waals surface area contributed by atoms with Crippen molar-refractivity contribution < 1.29 is 4.74 Å². The quantitative estimate of drug-likeness (QED) is 0.799. The van der Waals surface area contributed by atoms with Crippen molar-refractivity contribution in [1.29, 1.82) is 0 Å². The Morgan fingerprint density at radius 2 is 2.28 bits per heavy atom. The van der Waals surface area contributed by atoms with Gasteiger partial charge in [0.15, 0.2) is 0 Å². The minimum absolute atomic E-state index is 0.181. The summed E-state index contributed by atoms with van der Waals surface area (Å²) in [7, 11) is 2.11. The molecule has 1 saturated heterocycles. The minimum Gasteiger partial charge on any atom is -0.464 e. The van der Waals surface area contributed by atoms with E-state index in [-0.39, 0.29) is 12.0 Å². The molecule has 1 atom stereocenters. The lowest BCUT2D eigenvalue weighted by Crippen LogP contribution is -2.40. The maximum absolute atomic E-state index is 5.63. The SMILES string of the molecule is CCOc1nc(N)nc(NC2CCCN(C)C2)n1. The monoisotopic (exact) mass is 252 g/mol. The van der Waals surface area contributed by atoms with Crippen LogP contribution >= 0.6 is 0 Å². The van der Waals surface area contributed by atoms with Crippen molar-refractivity contribution in [1.82, 2.24) is 19.9 Å². The van der Waals surface area contributed by atoms with Crippen LogP contribution < -0.4 is 15.8 Å². The number of anilines is 2. The second-order valence-corrected chi connectivity index (χ2v) is 4.48. The van der Waals surface area contributed by atoms with Crippen molar-refractivity contribution >= 4 is 11.9 Å². The molecule has 18 heavy (non-hydrogen) atoms. The first-order valence-electron chi connectivity index (χ1n) is 6.27. The van der Waals surface area contributed by atoms with Gasteiger partial charge in [-0.1, -0.05) is 0 Å². The van der Waals surface area contributed by atoms with E-state index < -0.39 is 0 Å². The van der Waals surface area contributed by atoms with Crippen LogP contribution in [-0.2, 0) is 0 Å². The van der Waals surface area contributed by atoms with Gasteiger partial charge in [0.2, 0.25) is 11.9 Å². The fourth-order valence-electron chi connectivity index (χ4n) is 2.10. The van der Waals surface area contributed by atoms with E-state index in [0.29, 0.717) is 18.6 Å². The summed E-state index contributed by atoms with van der Waals surface area (Å²) >= 11 is 0. The summed E-state index contributed by atoms with van der Waals surface area (Å²) in [6.07, 6.45) is 2.28. The third-order valence-electron chi connectivity index (χ3n) is 2.86.